The zero-order valence-corrected chi connectivity index (χ0v) is 9.70. The van der Waals surface area contributed by atoms with Crippen molar-refractivity contribution in [1.29, 1.82) is 0 Å². The van der Waals surface area contributed by atoms with E-state index < -0.39 is 0 Å². The number of benzene rings is 1. The van der Waals surface area contributed by atoms with E-state index in [2.05, 4.69) is 22.6 Å². The molecule has 2 aromatic rings. The van der Waals surface area contributed by atoms with Gasteiger partial charge in [0.05, 0.1) is 15.4 Å². The first kappa shape index (κ1) is 8.59. The van der Waals surface area contributed by atoms with Gasteiger partial charge in [-0.15, -0.1) is 11.3 Å². The molecule has 0 unspecified atom stereocenters. The molecular weight excluding hydrogens is 305 g/mol. The van der Waals surface area contributed by atoms with Gasteiger partial charge in [0.2, 0.25) is 0 Å². The molecule has 1 heterocycles. The number of thiophene rings is 1. The summed E-state index contributed by atoms with van der Waals surface area (Å²) in [7, 11) is 0. The van der Waals surface area contributed by atoms with Crippen molar-refractivity contribution in [3.8, 4) is 0 Å². The third-order valence-electron chi connectivity index (χ3n) is 1.68. The number of nitrogens with two attached hydrogens (primary N) is 1. The second-order valence-electron chi connectivity index (χ2n) is 2.42. The Morgan fingerprint density at radius 1 is 1.50 bits per heavy atom. The lowest BCUT2D eigenvalue weighted by molar-refractivity contribution is 1.72. The maximum Gasteiger partial charge on any atom is 0.0596 e. The maximum absolute atomic E-state index is 6.03. The second kappa shape index (κ2) is 3.05. The van der Waals surface area contributed by atoms with E-state index in [1.165, 1.54) is 0 Å². The highest BCUT2D eigenvalue weighted by Crippen LogP contribution is 2.35. The summed E-state index contributed by atoms with van der Waals surface area (Å²) < 4.78 is 2.10. The largest absolute Gasteiger partial charge is 0.397 e. The molecule has 0 spiro atoms. The highest BCUT2D eigenvalue weighted by atomic mass is 127. The minimum absolute atomic E-state index is 0.790. The fourth-order valence-electron chi connectivity index (χ4n) is 1.09. The van der Waals surface area contributed by atoms with Crippen LogP contribution < -0.4 is 5.73 Å². The molecule has 0 aliphatic heterocycles. The summed E-state index contributed by atoms with van der Waals surface area (Å²) in [5.41, 5.74) is 6.70. The van der Waals surface area contributed by atoms with E-state index in [1.807, 2.05) is 17.5 Å². The van der Waals surface area contributed by atoms with Crippen LogP contribution in [-0.4, -0.2) is 0 Å². The minimum Gasteiger partial charge on any atom is -0.397 e. The molecular formula is C8H5ClINS. The second-order valence-corrected chi connectivity index (χ2v) is 4.90. The van der Waals surface area contributed by atoms with E-state index >= 15 is 0 Å². The number of hydrogen-bond donors (Lipinski definition) is 1. The van der Waals surface area contributed by atoms with Crippen LogP contribution in [0.1, 0.15) is 0 Å². The van der Waals surface area contributed by atoms with E-state index in [9.17, 15) is 0 Å². The Morgan fingerprint density at radius 3 is 3.00 bits per heavy atom. The molecule has 1 nitrogen and oxygen atoms in total. The molecule has 4 heteroatoms. The molecule has 62 valence electrons. The van der Waals surface area contributed by atoms with Gasteiger partial charge >= 0.3 is 0 Å². The molecule has 0 saturated carbocycles. The van der Waals surface area contributed by atoms with Gasteiger partial charge in [0, 0.05) is 8.96 Å². The fraction of sp³-hybridized carbons (Fsp3) is 0. The number of halogens is 2. The first-order chi connectivity index (χ1) is 5.70. The van der Waals surface area contributed by atoms with Crippen LogP contribution in [0.4, 0.5) is 5.69 Å². The monoisotopic (exact) mass is 309 g/mol. The number of hydrogen-bond acceptors (Lipinski definition) is 2. The van der Waals surface area contributed by atoms with Crippen LogP contribution in [0.2, 0.25) is 5.02 Å². The smallest absolute Gasteiger partial charge is 0.0596 e. The Kier molecular flexibility index (Phi) is 2.18. The van der Waals surface area contributed by atoms with Crippen molar-refractivity contribution in [2.75, 3.05) is 5.73 Å². The highest BCUT2D eigenvalue weighted by molar-refractivity contribution is 14.1. The molecule has 0 saturated heterocycles. The van der Waals surface area contributed by atoms with Gasteiger partial charge < -0.3 is 5.73 Å². The predicted molar refractivity (Wildman–Crippen MR) is 64.0 cm³/mol. The maximum atomic E-state index is 6.03. The number of nitrogen functional groups attached to an aromatic ring is 1. The third kappa shape index (κ3) is 1.20. The van der Waals surface area contributed by atoms with Crippen LogP contribution in [-0.2, 0) is 0 Å². The standard InChI is InChI=1S/C8H5ClINS/c9-5-3-6(10)7(11)4-1-2-12-8(4)5/h1-3H,11H2. The van der Waals surface area contributed by atoms with E-state index in [0.717, 1.165) is 24.4 Å². The summed E-state index contributed by atoms with van der Waals surface area (Å²) in [6, 6.07) is 3.90. The van der Waals surface area contributed by atoms with Gasteiger partial charge in [0.15, 0.2) is 0 Å². The topological polar surface area (TPSA) is 26.0 Å². The van der Waals surface area contributed by atoms with Crippen molar-refractivity contribution in [2.45, 2.75) is 0 Å². The Hall–Kier alpha value is -0.000000000000000111. The Bertz CT molecular complexity index is 438. The molecule has 0 aliphatic carbocycles. The zero-order chi connectivity index (χ0) is 8.72. The first-order valence-electron chi connectivity index (χ1n) is 3.31. The van der Waals surface area contributed by atoms with Crippen molar-refractivity contribution in [1.82, 2.24) is 0 Å². The summed E-state index contributed by atoms with van der Waals surface area (Å²) in [5, 5.41) is 3.86. The molecule has 0 radical (unpaired) electrons. The number of fused-ring (bicyclic) bond motifs is 1. The van der Waals surface area contributed by atoms with Gasteiger partial charge in [0.1, 0.15) is 0 Å². The fourth-order valence-corrected chi connectivity index (χ4v) is 3.04. The molecule has 2 rings (SSSR count). The van der Waals surface area contributed by atoms with Gasteiger partial charge in [-0.2, -0.15) is 0 Å². The minimum atomic E-state index is 0.790. The molecule has 0 aliphatic rings. The normalized spacial score (nSPS) is 10.8. The van der Waals surface area contributed by atoms with E-state index in [-0.39, 0.29) is 0 Å². The van der Waals surface area contributed by atoms with Gasteiger partial charge in [-0.25, -0.2) is 0 Å². The lowest BCUT2D eigenvalue weighted by atomic mass is 10.2. The first-order valence-corrected chi connectivity index (χ1v) is 5.64. The van der Waals surface area contributed by atoms with Gasteiger partial charge in [-0.1, -0.05) is 11.6 Å². The Balaban J connectivity index is 2.97. The van der Waals surface area contributed by atoms with E-state index in [1.54, 1.807) is 11.3 Å². The average molecular weight is 310 g/mol. The Labute approximate surface area is 92.7 Å². The third-order valence-corrected chi connectivity index (χ3v) is 3.93. The van der Waals surface area contributed by atoms with E-state index in [4.69, 9.17) is 17.3 Å². The van der Waals surface area contributed by atoms with Crippen LogP contribution in [0.5, 0.6) is 0 Å². The average Bonchev–Trinajstić information content (AvgIpc) is 2.48. The van der Waals surface area contributed by atoms with Crippen molar-refractivity contribution < 1.29 is 0 Å². The summed E-state index contributed by atoms with van der Waals surface area (Å²) in [4.78, 5) is 0. The lowest BCUT2D eigenvalue weighted by Crippen LogP contribution is -1.89. The summed E-state index contributed by atoms with van der Waals surface area (Å²) in [6.45, 7) is 0. The van der Waals surface area contributed by atoms with Gasteiger partial charge in [-0.3, -0.25) is 0 Å². The predicted octanol–water partition coefficient (Wildman–Crippen LogP) is 3.74. The molecule has 0 bridgehead atoms. The van der Waals surface area contributed by atoms with Crippen LogP contribution in [0.15, 0.2) is 17.5 Å². The molecule has 1 aromatic heterocycles. The van der Waals surface area contributed by atoms with Crippen molar-refractivity contribution >= 4 is 61.3 Å². The van der Waals surface area contributed by atoms with Gasteiger partial charge in [0.25, 0.3) is 0 Å². The molecule has 12 heavy (non-hydrogen) atoms. The summed E-state index contributed by atoms with van der Waals surface area (Å²) in [6.07, 6.45) is 0. The quantitative estimate of drug-likeness (QED) is 0.582. The Morgan fingerprint density at radius 2 is 2.25 bits per heavy atom. The molecule has 2 N–H and O–H groups in total. The number of anilines is 1. The SMILES string of the molecule is Nc1c(I)cc(Cl)c2sccc12. The van der Waals surface area contributed by atoms with Crippen molar-refractivity contribution in [2.24, 2.45) is 0 Å². The number of rotatable bonds is 0. The molecule has 0 amide bonds. The van der Waals surface area contributed by atoms with Crippen molar-refractivity contribution in [3.63, 3.8) is 0 Å². The molecule has 1 aromatic carbocycles. The molecule has 0 fully saturated rings. The van der Waals surface area contributed by atoms with Crippen LogP contribution >= 0.6 is 45.5 Å². The van der Waals surface area contributed by atoms with Crippen LogP contribution in [0, 0.1) is 3.57 Å². The van der Waals surface area contributed by atoms with Gasteiger partial charge in [-0.05, 0) is 40.1 Å². The van der Waals surface area contributed by atoms with Crippen LogP contribution in [0.25, 0.3) is 10.1 Å². The molecule has 0 atom stereocenters. The summed E-state index contributed by atoms with van der Waals surface area (Å²) in [5.74, 6) is 0. The summed E-state index contributed by atoms with van der Waals surface area (Å²) >= 11 is 9.84. The highest BCUT2D eigenvalue weighted by Gasteiger charge is 2.07. The zero-order valence-electron chi connectivity index (χ0n) is 5.97. The lowest BCUT2D eigenvalue weighted by Gasteiger charge is -2.01. The van der Waals surface area contributed by atoms with Crippen LogP contribution in [0.3, 0.4) is 0 Å². The van der Waals surface area contributed by atoms with Crippen molar-refractivity contribution in [3.05, 3.63) is 26.1 Å². The van der Waals surface area contributed by atoms with E-state index in [0.29, 0.717) is 0 Å².